The Balaban J connectivity index is 0.000000364. The maximum Gasteiger partial charge on any atom is 0.243 e. The number of carbonyl (C=O) groups is 1. The van der Waals surface area contributed by atoms with E-state index in [1.807, 2.05) is 30.3 Å². The summed E-state index contributed by atoms with van der Waals surface area (Å²) in [6.07, 6.45) is 4.92. The highest BCUT2D eigenvalue weighted by Crippen LogP contribution is 2.42. The molecule has 1 amide bonds. The third-order valence-electron chi connectivity index (χ3n) is 7.44. The zero-order chi connectivity index (χ0) is 25.5. The molecular weight excluding hydrogens is 469 g/mol. The van der Waals surface area contributed by atoms with E-state index in [1.54, 1.807) is 12.1 Å². The van der Waals surface area contributed by atoms with Gasteiger partial charge in [0.15, 0.2) is 5.82 Å². The largest absolute Gasteiger partial charge is 0.508 e. The van der Waals surface area contributed by atoms with Crippen LogP contribution in [-0.2, 0) is 11.2 Å². The first kappa shape index (κ1) is 23.2. The highest BCUT2D eigenvalue weighted by atomic mass is 19.1. The van der Waals surface area contributed by atoms with E-state index >= 15 is 4.39 Å². The van der Waals surface area contributed by atoms with Crippen LogP contribution in [0, 0.1) is 23.1 Å². The second-order valence-electron chi connectivity index (χ2n) is 9.88. The van der Waals surface area contributed by atoms with E-state index in [2.05, 4.69) is 27.0 Å². The summed E-state index contributed by atoms with van der Waals surface area (Å²) in [7, 11) is 0. The molecule has 7 nitrogen and oxygen atoms in total. The second kappa shape index (κ2) is 9.34. The van der Waals surface area contributed by atoms with Crippen LogP contribution in [0.25, 0.3) is 32.8 Å². The number of amides is 1. The molecule has 3 aliphatic heterocycles. The fourth-order valence-electron chi connectivity index (χ4n) is 5.58. The summed E-state index contributed by atoms with van der Waals surface area (Å²) in [6.45, 7) is 1.39. The van der Waals surface area contributed by atoms with Crippen LogP contribution in [0.15, 0.2) is 48.7 Å². The fourth-order valence-corrected chi connectivity index (χ4v) is 5.58. The number of hydrogen-bond donors (Lipinski definition) is 4. The Morgan fingerprint density at radius 1 is 1.16 bits per heavy atom. The van der Waals surface area contributed by atoms with E-state index in [1.165, 1.54) is 25.6 Å². The first-order chi connectivity index (χ1) is 18.0. The molecule has 1 aromatic heterocycles. The van der Waals surface area contributed by atoms with Gasteiger partial charge < -0.3 is 21.1 Å². The van der Waals surface area contributed by atoms with E-state index in [0.717, 1.165) is 22.7 Å². The number of nitrogens with one attached hydrogen (secondary N) is 3. The van der Waals surface area contributed by atoms with E-state index < -0.39 is 5.82 Å². The molecule has 0 unspecified atom stereocenters. The summed E-state index contributed by atoms with van der Waals surface area (Å²) in [6, 6.07) is 15.5. The molecule has 4 N–H and O–H groups in total. The summed E-state index contributed by atoms with van der Waals surface area (Å²) in [5.74, 6) is 0.390. The summed E-state index contributed by atoms with van der Waals surface area (Å²) in [4.78, 5) is 16.0. The van der Waals surface area contributed by atoms with Crippen LogP contribution in [0.5, 0.6) is 5.75 Å². The Hall–Kier alpha value is -4.22. The average Bonchev–Trinajstić information content (AvgIpc) is 3.54. The molecule has 2 saturated heterocycles. The van der Waals surface area contributed by atoms with Gasteiger partial charge in [0.1, 0.15) is 11.3 Å². The van der Waals surface area contributed by atoms with Crippen molar-refractivity contribution in [1.29, 1.82) is 5.26 Å². The maximum atomic E-state index is 16.0. The van der Waals surface area contributed by atoms with Gasteiger partial charge in [-0.15, -0.1) is 0 Å². The molecule has 0 radical (unpaired) electrons. The number of phenolic OH excluding ortho intramolecular Hbond substituents is 1. The Morgan fingerprint density at radius 3 is 2.73 bits per heavy atom. The lowest BCUT2D eigenvalue weighted by molar-refractivity contribution is -0.114. The van der Waals surface area contributed by atoms with Crippen LogP contribution >= 0.6 is 0 Å². The number of phenols is 1. The minimum atomic E-state index is -0.525. The van der Waals surface area contributed by atoms with Gasteiger partial charge in [-0.25, -0.2) is 4.39 Å². The third kappa shape index (κ3) is 4.21. The Morgan fingerprint density at radius 2 is 2.00 bits per heavy atom. The number of rotatable bonds is 3. The lowest BCUT2D eigenvalue weighted by Crippen LogP contribution is -2.27. The van der Waals surface area contributed by atoms with Crippen molar-refractivity contribution in [3.05, 3.63) is 60.0 Å². The van der Waals surface area contributed by atoms with Crippen molar-refractivity contribution in [2.75, 3.05) is 23.7 Å². The number of anilines is 2. The van der Waals surface area contributed by atoms with Gasteiger partial charge in [-0.3, -0.25) is 9.78 Å². The smallest absolute Gasteiger partial charge is 0.243 e. The van der Waals surface area contributed by atoms with Gasteiger partial charge >= 0.3 is 0 Å². The Labute approximate surface area is 213 Å². The van der Waals surface area contributed by atoms with Crippen molar-refractivity contribution in [3.8, 4) is 22.9 Å². The van der Waals surface area contributed by atoms with Gasteiger partial charge in [-0.2, -0.15) is 5.26 Å². The van der Waals surface area contributed by atoms with Gasteiger partial charge in [0.05, 0.1) is 30.2 Å². The molecule has 2 bridgehead atoms. The number of aromatic nitrogens is 1. The van der Waals surface area contributed by atoms with E-state index in [-0.39, 0.29) is 30.1 Å². The summed E-state index contributed by atoms with van der Waals surface area (Å²) < 4.78 is 16.0. The van der Waals surface area contributed by atoms with Crippen LogP contribution in [0.4, 0.5) is 15.8 Å². The standard InChI is InChI=1S/C24H17FN4O2.C5H9N/c25-22-21(17-10-15(30)8-13-4-1-2-6-16(13)17)14(5-3-7-26)9-18-23-19(11-27-24(18)22)29-20(31)12-28-23;1-4-2-5(1)6-3-4/h1-2,4,6,8-11,28,30H,3,5,12H2,(H,29,31);4-6H,1-3H2. The minimum Gasteiger partial charge on any atom is -0.508 e. The molecule has 4 aliphatic rings. The zero-order valence-electron chi connectivity index (χ0n) is 20.1. The van der Waals surface area contributed by atoms with Gasteiger partial charge in [0.2, 0.25) is 5.91 Å². The van der Waals surface area contributed by atoms with Crippen LogP contribution < -0.4 is 16.0 Å². The molecule has 4 aromatic rings. The number of aromatic hydroxyl groups is 1. The fraction of sp³-hybridized carbons (Fsp3) is 0.276. The monoisotopic (exact) mass is 495 g/mol. The quantitative estimate of drug-likeness (QED) is 0.315. The molecule has 186 valence electrons. The Bertz CT molecular complexity index is 1580. The number of nitrogens with zero attached hydrogens (tertiary/aromatic N) is 2. The van der Waals surface area contributed by atoms with Crippen molar-refractivity contribution in [1.82, 2.24) is 10.3 Å². The van der Waals surface area contributed by atoms with E-state index in [9.17, 15) is 9.90 Å². The lowest BCUT2D eigenvalue weighted by Gasteiger charge is -2.22. The maximum absolute atomic E-state index is 16.0. The number of nitriles is 1. The van der Waals surface area contributed by atoms with Crippen molar-refractivity contribution in [3.63, 3.8) is 0 Å². The lowest BCUT2D eigenvalue weighted by atomic mass is 9.87. The number of aryl methyl sites for hydroxylation is 1. The number of carbonyl (C=O) groups excluding carboxylic acids is 1. The summed E-state index contributed by atoms with van der Waals surface area (Å²) in [5.41, 5.74) is 2.76. The van der Waals surface area contributed by atoms with Gasteiger partial charge in [-0.1, -0.05) is 24.3 Å². The molecule has 3 fully saturated rings. The van der Waals surface area contributed by atoms with Gasteiger partial charge in [0.25, 0.3) is 0 Å². The topological polar surface area (TPSA) is 110 Å². The summed E-state index contributed by atoms with van der Waals surface area (Å²) >= 11 is 0. The van der Waals surface area contributed by atoms with Crippen molar-refractivity contribution in [2.24, 2.45) is 5.92 Å². The van der Waals surface area contributed by atoms with Crippen LogP contribution in [0.2, 0.25) is 0 Å². The van der Waals surface area contributed by atoms with Gasteiger partial charge in [0, 0.05) is 23.4 Å². The van der Waals surface area contributed by atoms with Crippen LogP contribution in [0.3, 0.4) is 0 Å². The second-order valence-corrected chi connectivity index (χ2v) is 9.88. The number of hydrogen-bond acceptors (Lipinski definition) is 6. The molecular formula is C29H26FN5O2. The highest BCUT2D eigenvalue weighted by molar-refractivity contribution is 6.10. The Kier molecular flexibility index (Phi) is 5.85. The molecule has 8 rings (SSSR count). The molecule has 8 heteroatoms. The first-order valence-electron chi connectivity index (χ1n) is 12.5. The average molecular weight is 496 g/mol. The third-order valence-corrected chi connectivity index (χ3v) is 7.44. The molecule has 4 heterocycles. The number of pyridine rings is 1. The molecule has 0 spiro atoms. The molecule has 0 atom stereocenters. The number of fused-ring (bicyclic) bond motifs is 5. The molecule has 37 heavy (non-hydrogen) atoms. The van der Waals surface area contributed by atoms with Gasteiger partial charge in [-0.05, 0) is 71.8 Å². The number of halogens is 1. The predicted molar refractivity (Wildman–Crippen MR) is 142 cm³/mol. The number of benzene rings is 3. The molecule has 1 saturated carbocycles. The predicted octanol–water partition coefficient (Wildman–Crippen LogP) is 5.09. The SMILES string of the molecule is C1NC2CC1C2.N#CCCc1cc2c3c(cnc2c(F)c1-c1cc(O)cc2ccccc12)NC(=O)CN3. The van der Waals surface area contributed by atoms with Crippen molar-refractivity contribution in [2.45, 2.75) is 31.7 Å². The molecule has 1 aliphatic carbocycles. The zero-order valence-corrected chi connectivity index (χ0v) is 20.1. The van der Waals surface area contributed by atoms with E-state index in [4.69, 9.17) is 5.26 Å². The minimum absolute atomic E-state index is 0.0298. The highest BCUT2D eigenvalue weighted by Gasteiger charge is 2.35. The van der Waals surface area contributed by atoms with Crippen LogP contribution in [-0.4, -0.2) is 35.1 Å². The van der Waals surface area contributed by atoms with Crippen molar-refractivity contribution >= 4 is 39.0 Å². The summed E-state index contributed by atoms with van der Waals surface area (Å²) in [5, 5.41) is 30.7. The molecule has 3 aromatic carbocycles. The first-order valence-corrected chi connectivity index (χ1v) is 12.5. The van der Waals surface area contributed by atoms with Crippen molar-refractivity contribution < 1.29 is 14.3 Å². The van der Waals surface area contributed by atoms with Crippen LogP contribution in [0.1, 0.15) is 24.8 Å². The normalized spacial score (nSPS) is 19.2. The van der Waals surface area contributed by atoms with E-state index in [0.29, 0.717) is 39.9 Å².